The predicted octanol–water partition coefficient (Wildman–Crippen LogP) is 1.73. The first-order valence-electron chi connectivity index (χ1n) is 8.28. The molecule has 7 nitrogen and oxygen atoms in total. The number of carbonyl (C=O) groups excluding carboxylic acids is 1. The molecular formula is C18H19N5O2. The minimum Gasteiger partial charge on any atom is -0.394 e. The van der Waals surface area contributed by atoms with Crippen LogP contribution in [-0.4, -0.2) is 46.1 Å². The molecular weight excluding hydrogens is 318 g/mol. The molecule has 2 aliphatic heterocycles. The molecule has 1 aromatic heterocycles. The van der Waals surface area contributed by atoms with Crippen LogP contribution in [0.2, 0.25) is 0 Å². The molecule has 0 saturated carbocycles. The van der Waals surface area contributed by atoms with Gasteiger partial charge in [-0.1, -0.05) is 36.4 Å². The average molecular weight is 337 g/mol. The quantitative estimate of drug-likeness (QED) is 0.894. The van der Waals surface area contributed by atoms with E-state index in [2.05, 4.69) is 15.4 Å². The fourth-order valence-electron chi connectivity index (χ4n) is 3.30. The first kappa shape index (κ1) is 15.6. The lowest BCUT2D eigenvalue weighted by Gasteiger charge is -2.22. The van der Waals surface area contributed by atoms with Gasteiger partial charge in [0, 0.05) is 19.2 Å². The first-order valence-corrected chi connectivity index (χ1v) is 8.28. The third-order valence-electron chi connectivity index (χ3n) is 4.52. The largest absolute Gasteiger partial charge is 0.394 e. The van der Waals surface area contributed by atoms with Crippen molar-refractivity contribution in [2.75, 3.05) is 18.2 Å². The molecule has 0 bridgehead atoms. The van der Waals surface area contributed by atoms with Crippen LogP contribution in [0.3, 0.4) is 0 Å². The van der Waals surface area contributed by atoms with E-state index in [1.54, 1.807) is 11.1 Å². The van der Waals surface area contributed by atoms with Gasteiger partial charge in [-0.2, -0.15) is 5.10 Å². The zero-order chi connectivity index (χ0) is 17.2. The number of aliphatic hydroxyl groups is 1. The summed E-state index contributed by atoms with van der Waals surface area (Å²) >= 11 is 0. The Labute approximate surface area is 145 Å². The second-order valence-corrected chi connectivity index (χ2v) is 6.07. The molecule has 3 heterocycles. The number of benzene rings is 1. The molecule has 2 atom stereocenters. The number of amides is 2. The highest BCUT2D eigenvalue weighted by molar-refractivity contribution is 6.01. The van der Waals surface area contributed by atoms with Crippen LogP contribution in [0.1, 0.15) is 18.0 Å². The van der Waals surface area contributed by atoms with Crippen molar-refractivity contribution in [2.24, 2.45) is 5.10 Å². The summed E-state index contributed by atoms with van der Waals surface area (Å²) in [4.78, 5) is 18.2. The number of hydrogen-bond donors (Lipinski definition) is 2. The van der Waals surface area contributed by atoms with E-state index in [1.807, 2.05) is 53.5 Å². The lowest BCUT2D eigenvalue weighted by molar-refractivity contribution is 0.200. The van der Waals surface area contributed by atoms with Crippen LogP contribution in [0.5, 0.6) is 0 Å². The predicted molar refractivity (Wildman–Crippen MR) is 94.1 cm³/mol. The molecule has 2 amide bonds. The van der Waals surface area contributed by atoms with Gasteiger partial charge in [0.05, 0.1) is 18.7 Å². The van der Waals surface area contributed by atoms with Gasteiger partial charge in [-0.15, -0.1) is 0 Å². The number of anilines is 1. The normalized spacial score (nSPS) is 22.9. The van der Waals surface area contributed by atoms with Crippen molar-refractivity contribution in [1.29, 1.82) is 0 Å². The summed E-state index contributed by atoms with van der Waals surface area (Å²) in [5.74, 6) is 1.38. The zero-order valence-corrected chi connectivity index (χ0v) is 13.6. The van der Waals surface area contributed by atoms with Crippen LogP contribution in [0, 0.1) is 0 Å². The second-order valence-electron chi connectivity index (χ2n) is 6.07. The summed E-state index contributed by atoms with van der Waals surface area (Å²) in [5.41, 5.74) is 1.10. The maximum atomic E-state index is 12.2. The summed E-state index contributed by atoms with van der Waals surface area (Å²) < 4.78 is 0. The summed E-state index contributed by atoms with van der Waals surface area (Å²) in [7, 11) is 0. The van der Waals surface area contributed by atoms with E-state index in [0.29, 0.717) is 18.8 Å². The first-order chi connectivity index (χ1) is 12.3. The van der Waals surface area contributed by atoms with Crippen molar-refractivity contribution < 1.29 is 9.90 Å². The van der Waals surface area contributed by atoms with E-state index in [0.717, 1.165) is 11.4 Å². The summed E-state index contributed by atoms with van der Waals surface area (Å²) in [6.45, 7) is 0.325. The van der Waals surface area contributed by atoms with Crippen molar-refractivity contribution >= 4 is 17.7 Å². The number of hydrogen-bond acceptors (Lipinski definition) is 5. The molecule has 2 aliphatic rings. The number of nitrogens with one attached hydrogen (secondary N) is 1. The topological polar surface area (TPSA) is 81.1 Å². The van der Waals surface area contributed by atoms with Crippen molar-refractivity contribution in [3.8, 4) is 0 Å². The number of hydrazone groups is 1. The van der Waals surface area contributed by atoms with Gasteiger partial charge in [0.25, 0.3) is 0 Å². The molecule has 0 aliphatic carbocycles. The molecule has 1 saturated heterocycles. The van der Waals surface area contributed by atoms with Gasteiger partial charge < -0.3 is 10.4 Å². The zero-order valence-electron chi connectivity index (χ0n) is 13.6. The van der Waals surface area contributed by atoms with E-state index in [1.165, 1.54) is 0 Å². The van der Waals surface area contributed by atoms with Gasteiger partial charge in [0.15, 0.2) is 0 Å². The van der Waals surface area contributed by atoms with Crippen molar-refractivity contribution in [3.63, 3.8) is 0 Å². The number of aliphatic hydroxyl groups excluding tert-OH is 1. The molecule has 128 valence electrons. The van der Waals surface area contributed by atoms with Crippen LogP contribution >= 0.6 is 0 Å². The summed E-state index contributed by atoms with van der Waals surface area (Å²) in [6.07, 6.45) is 2.30. The van der Waals surface area contributed by atoms with Crippen LogP contribution in [0.4, 0.5) is 10.6 Å². The maximum absolute atomic E-state index is 12.2. The van der Waals surface area contributed by atoms with Gasteiger partial charge in [0.1, 0.15) is 11.7 Å². The Morgan fingerprint density at radius 3 is 2.68 bits per heavy atom. The molecule has 2 N–H and O–H groups in total. The van der Waals surface area contributed by atoms with Crippen molar-refractivity contribution in [1.82, 2.24) is 15.2 Å². The Morgan fingerprint density at radius 1 is 1.16 bits per heavy atom. The second kappa shape index (κ2) is 6.52. The number of nitrogens with zero attached hydrogens (tertiary/aromatic N) is 4. The average Bonchev–Trinajstić information content (AvgIpc) is 3.26. The third kappa shape index (κ3) is 2.83. The number of pyridine rings is 1. The smallest absolute Gasteiger partial charge is 0.323 e. The Morgan fingerprint density at radius 2 is 1.96 bits per heavy atom. The Balaban J connectivity index is 1.71. The molecule has 1 aromatic carbocycles. The molecule has 7 heteroatoms. The standard InChI is InChI=1S/C18H19N5O2/c24-12-14-11-20-18(25)22(14)17-10-15(13-6-2-1-3-7-13)23(21-17)16-8-4-5-9-19-16/h1-9,14-15,24H,10-12H2,(H,20,25). The highest BCUT2D eigenvalue weighted by Crippen LogP contribution is 2.35. The fraction of sp³-hybridized carbons (Fsp3) is 0.278. The van der Waals surface area contributed by atoms with Gasteiger partial charge in [-0.05, 0) is 17.7 Å². The van der Waals surface area contributed by atoms with Gasteiger partial charge in [-0.3, -0.25) is 4.90 Å². The summed E-state index contributed by atoms with van der Waals surface area (Å²) in [6, 6.07) is 15.2. The van der Waals surface area contributed by atoms with Crippen LogP contribution in [-0.2, 0) is 0 Å². The summed E-state index contributed by atoms with van der Waals surface area (Å²) in [5, 5.41) is 18.9. The van der Waals surface area contributed by atoms with Gasteiger partial charge in [0.2, 0.25) is 0 Å². The fourth-order valence-corrected chi connectivity index (χ4v) is 3.30. The number of aromatic nitrogens is 1. The van der Waals surface area contributed by atoms with E-state index in [9.17, 15) is 9.90 Å². The molecule has 1 fully saturated rings. The van der Waals surface area contributed by atoms with Gasteiger partial charge in [-0.25, -0.2) is 14.8 Å². The number of rotatable bonds is 3. The monoisotopic (exact) mass is 337 g/mol. The lowest BCUT2D eigenvalue weighted by Crippen LogP contribution is -2.40. The molecule has 25 heavy (non-hydrogen) atoms. The molecule has 2 unspecified atom stereocenters. The number of amidine groups is 1. The lowest BCUT2D eigenvalue weighted by atomic mass is 10.0. The Bertz CT molecular complexity index is 781. The Kier molecular flexibility index (Phi) is 4.07. The van der Waals surface area contributed by atoms with Crippen LogP contribution < -0.4 is 10.3 Å². The van der Waals surface area contributed by atoms with Crippen molar-refractivity contribution in [2.45, 2.75) is 18.5 Å². The van der Waals surface area contributed by atoms with E-state index < -0.39 is 0 Å². The molecule has 4 rings (SSSR count). The minimum absolute atomic E-state index is 0.0427. The number of urea groups is 1. The SMILES string of the molecule is O=C1NCC(CO)N1C1=NN(c2ccccn2)C(c2ccccc2)C1. The van der Waals surface area contributed by atoms with E-state index in [4.69, 9.17) is 0 Å². The Hall–Kier alpha value is -2.93. The van der Waals surface area contributed by atoms with Crippen molar-refractivity contribution in [3.05, 3.63) is 60.3 Å². The minimum atomic E-state index is -0.286. The highest BCUT2D eigenvalue weighted by atomic mass is 16.3. The highest BCUT2D eigenvalue weighted by Gasteiger charge is 2.40. The van der Waals surface area contributed by atoms with Crippen LogP contribution in [0.25, 0.3) is 0 Å². The van der Waals surface area contributed by atoms with E-state index in [-0.39, 0.29) is 24.7 Å². The maximum Gasteiger partial charge on any atom is 0.323 e. The molecule has 2 aromatic rings. The molecule has 0 spiro atoms. The number of carbonyl (C=O) groups is 1. The third-order valence-corrected chi connectivity index (χ3v) is 4.52. The van der Waals surface area contributed by atoms with Crippen LogP contribution in [0.15, 0.2) is 59.8 Å². The van der Waals surface area contributed by atoms with Gasteiger partial charge >= 0.3 is 6.03 Å². The van der Waals surface area contributed by atoms with E-state index >= 15 is 0 Å². The molecule has 0 radical (unpaired) electrons.